The van der Waals surface area contributed by atoms with E-state index < -0.39 is 0 Å². The zero-order chi connectivity index (χ0) is 19.1. The van der Waals surface area contributed by atoms with Crippen LogP contribution in [0, 0.1) is 0 Å². The number of amides is 1. The quantitative estimate of drug-likeness (QED) is 0.716. The normalized spacial score (nSPS) is 17.1. The third-order valence-corrected chi connectivity index (χ3v) is 4.99. The fourth-order valence-corrected chi connectivity index (χ4v) is 3.44. The minimum atomic E-state index is 0.0959. The molecule has 0 aliphatic carbocycles. The van der Waals surface area contributed by atoms with Crippen LogP contribution < -0.4 is 10.5 Å². The van der Waals surface area contributed by atoms with Gasteiger partial charge >= 0.3 is 0 Å². The highest BCUT2D eigenvalue weighted by molar-refractivity contribution is 5.76. The number of piperidine rings is 1. The molecule has 1 saturated heterocycles. The molecule has 1 aliphatic rings. The van der Waals surface area contributed by atoms with E-state index in [-0.39, 0.29) is 11.8 Å². The van der Waals surface area contributed by atoms with Gasteiger partial charge in [0.1, 0.15) is 5.75 Å². The van der Waals surface area contributed by atoms with Gasteiger partial charge in [0.2, 0.25) is 17.6 Å². The minimum Gasteiger partial charge on any atom is -0.497 e. The molecule has 1 unspecified atom stereocenters. The topological polar surface area (TPSA) is 94.5 Å². The molecule has 146 valence electrons. The van der Waals surface area contributed by atoms with Crippen LogP contribution >= 0.6 is 0 Å². The third-order valence-electron chi connectivity index (χ3n) is 4.99. The number of methoxy groups -OCH3 is 1. The molecule has 1 aromatic carbocycles. The Balaban J connectivity index is 1.61. The smallest absolute Gasteiger partial charge is 0.231 e. The van der Waals surface area contributed by atoms with Gasteiger partial charge in [-0.25, -0.2) is 0 Å². The van der Waals surface area contributed by atoms with Crippen LogP contribution in [0.25, 0.3) is 11.4 Å². The van der Waals surface area contributed by atoms with Gasteiger partial charge in [-0.15, -0.1) is 0 Å². The first-order chi connectivity index (χ1) is 13.2. The number of hydrogen-bond acceptors (Lipinski definition) is 6. The van der Waals surface area contributed by atoms with Crippen molar-refractivity contribution in [1.82, 2.24) is 15.0 Å². The first-order valence-electron chi connectivity index (χ1n) is 9.67. The lowest BCUT2D eigenvalue weighted by Gasteiger charge is -2.31. The van der Waals surface area contributed by atoms with Crippen molar-refractivity contribution in [2.75, 3.05) is 26.7 Å². The number of aromatic nitrogens is 2. The predicted molar refractivity (Wildman–Crippen MR) is 102 cm³/mol. The lowest BCUT2D eigenvalue weighted by atomic mass is 9.97. The van der Waals surface area contributed by atoms with Gasteiger partial charge in [-0.2, -0.15) is 4.98 Å². The highest BCUT2D eigenvalue weighted by Crippen LogP contribution is 2.29. The summed E-state index contributed by atoms with van der Waals surface area (Å²) in [4.78, 5) is 19.0. The van der Waals surface area contributed by atoms with Crippen LogP contribution in [0.4, 0.5) is 0 Å². The zero-order valence-corrected chi connectivity index (χ0v) is 15.9. The maximum absolute atomic E-state index is 12.4. The van der Waals surface area contributed by atoms with E-state index in [0.717, 1.165) is 50.0 Å². The molecule has 1 aromatic heterocycles. The summed E-state index contributed by atoms with van der Waals surface area (Å²) in [5.41, 5.74) is 6.36. The SMILES string of the molecule is COc1cccc(-c2noc(C3CCCN(C(=O)CCCCCN)C3)n2)c1. The second-order valence-electron chi connectivity index (χ2n) is 6.97. The van der Waals surface area contributed by atoms with Gasteiger partial charge in [0.15, 0.2) is 0 Å². The van der Waals surface area contributed by atoms with Gasteiger partial charge in [-0.3, -0.25) is 4.79 Å². The van der Waals surface area contributed by atoms with Crippen LogP contribution in [0.3, 0.4) is 0 Å². The average molecular weight is 372 g/mol. The van der Waals surface area contributed by atoms with Crippen LogP contribution in [0.1, 0.15) is 50.3 Å². The molecule has 27 heavy (non-hydrogen) atoms. The molecule has 0 radical (unpaired) electrons. The molecule has 1 atom stereocenters. The van der Waals surface area contributed by atoms with Crippen molar-refractivity contribution in [2.45, 2.75) is 44.4 Å². The number of nitrogens with two attached hydrogens (primary N) is 1. The summed E-state index contributed by atoms with van der Waals surface area (Å²) in [5, 5.41) is 4.12. The molecule has 1 fully saturated rings. The summed E-state index contributed by atoms with van der Waals surface area (Å²) in [6.45, 7) is 2.14. The number of nitrogens with zero attached hydrogens (tertiary/aromatic N) is 3. The summed E-state index contributed by atoms with van der Waals surface area (Å²) in [6, 6.07) is 7.58. The number of hydrogen-bond donors (Lipinski definition) is 1. The van der Waals surface area contributed by atoms with Crippen molar-refractivity contribution in [3.8, 4) is 17.1 Å². The van der Waals surface area contributed by atoms with Crippen LogP contribution in [0.15, 0.2) is 28.8 Å². The van der Waals surface area contributed by atoms with E-state index in [1.165, 1.54) is 0 Å². The zero-order valence-electron chi connectivity index (χ0n) is 15.9. The summed E-state index contributed by atoms with van der Waals surface area (Å²) in [6.07, 6.45) is 5.38. The van der Waals surface area contributed by atoms with Crippen LogP contribution in [-0.4, -0.2) is 47.7 Å². The van der Waals surface area contributed by atoms with E-state index in [1.807, 2.05) is 29.2 Å². The Kier molecular flexibility index (Phi) is 6.81. The first-order valence-corrected chi connectivity index (χ1v) is 9.67. The molecular weight excluding hydrogens is 344 g/mol. The van der Waals surface area contributed by atoms with E-state index in [4.69, 9.17) is 15.0 Å². The van der Waals surface area contributed by atoms with Crippen molar-refractivity contribution in [2.24, 2.45) is 5.73 Å². The Morgan fingerprint density at radius 1 is 1.37 bits per heavy atom. The standard InChI is InChI=1S/C20H28N4O3/c1-26-17-9-5-7-15(13-17)19-22-20(27-23-19)16-8-6-12-24(14-16)18(25)10-3-2-4-11-21/h5,7,9,13,16H,2-4,6,8,10-12,14,21H2,1H3. The summed E-state index contributed by atoms with van der Waals surface area (Å²) in [7, 11) is 1.63. The lowest BCUT2D eigenvalue weighted by Crippen LogP contribution is -2.39. The Labute approximate surface area is 159 Å². The second kappa shape index (κ2) is 9.50. The number of unbranched alkanes of at least 4 members (excludes halogenated alkanes) is 2. The lowest BCUT2D eigenvalue weighted by molar-refractivity contribution is -0.132. The van der Waals surface area contributed by atoms with Gasteiger partial charge in [0.25, 0.3) is 0 Å². The second-order valence-corrected chi connectivity index (χ2v) is 6.97. The fourth-order valence-electron chi connectivity index (χ4n) is 3.44. The first kappa shape index (κ1) is 19.4. The van der Waals surface area contributed by atoms with Gasteiger partial charge in [0, 0.05) is 25.1 Å². The molecule has 2 N–H and O–H groups in total. The van der Waals surface area contributed by atoms with E-state index in [1.54, 1.807) is 7.11 Å². The molecule has 1 aliphatic heterocycles. The van der Waals surface area contributed by atoms with E-state index in [0.29, 0.717) is 31.2 Å². The van der Waals surface area contributed by atoms with Crippen LogP contribution in [0.5, 0.6) is 5.75 Å². The van der Waals surface area contributed by atoms with Crippen molar-refractivity contribution in [3.05, 3.63) is 30.2 Å². The Morgan fingerprint density at radius 3 is 3.07 bits per heavy atom. The fraction of sp³-hybridized carbons (Fsp3) is 0.550. The van der Waals surface area contributed by atoms with Crippen LogP contribution in [0.2, 0.25) is 0 Å². The summed E-state index contributed by atoms with van der Waals surface area (Å²) >= 11 is 0. The molecule has 1 amide bonds. The number of carbonyl (C=O) groups excluding carboxylic acids is 1. The maximum atomic E-state index is 12.4. The third kappa shape index (κ3) is 5.07. The molecule has 7 nitrogen and oxygen atoms in total. The number of benzene rings is 1. The molecule has 0 bridgehead atoms. The Bertz CT molecular complexity index is 746. The van der Waals surface area contributed by atoms with Crippen molar-refractivity contribution < 1.29 is 14.1 Å². The summed E-state index contributed by atoms with van der Waals surface area (Å²) < 4.78 is 10.8. The van der Waals surface area contributed by atoms with E-state index >= 15 is 0 Å². The van der Waals surface area contributed by atoms with Crippen LogP contribution in [-0.2, 0) is 4.79 Å². The van der Waals surface area contributed by atoms with Gasteiger partial charge in [-0.1, -0.05) is 23.7 Å². The number of rotatable bonds is 8. The van der Waals surface area contributed by atoms with Gasteiger partial charge < -0.3 is 19.9 Å². The summed E-state index contributed by atoms with van der Waals surface area (Å²) in [5.74, 6) is 2.22. The van der Waals surface area contributed by atoms with Crippen molar-refractivity contribution in [3.63, 3.8) is 0 Å². The molecule has 7 heteroatoms. The van der Waals surface area contributed by atoms with E-state index in [2.05, 4.69) is 10.1 Å². The molecule has 0 spiro atoms. The highest BCUT2D eigenvalue weighted by Gasteiger charge is 2.28. The molecule has 3 rings (SSSR count). The number of likely N-dealkylation sites (tertiary alicyclic amines) is 1. The Morgan fingerprint density at radius 2 is 2.26 bits per heavy atom. The predicted octanol–water partition coefficient (Wildman–Crippen LogP) is 2.97. The minimum absolute atomic E-state index is 0.0959. The van der Waals surface area contributed by atoms with E-state index in [9.17, 15) is 4.79 Å². The van der Waals surface area contributed by atoms with Gasteiger partial charge in [-0.05, 0) is 44.4 Å². The van der Waals surface area contributed by atoms with Crippen molar-refractivity contribution >= 4 is 5.91 Å². The molecule has 2 aromatic rings. The maximum Gasteiger partial charge on any atom is 0.231 e. The largest absolute Gasteiger partial charge is 0.497 e. The monoisotopic (exact) mass is 372 g/mol. The Hall–Kier alpha value is -2.41. The molecular formula is C20H28N4O3. The number of carbonyl (C=O) groups is 1. The van der Waals surface area contributed by atoms with Crippen molar-refractivity contribution in [1.29, 1.82) is 0 Å². The van der Waals surface area contributed by atoms with Gasteiger partial charge in [0.05, 0.1) is 13.0 Å². The molecule has 2 heterocycles. The average Bonchev–Trinajstić information content (AvgIpc) is 3.21. The molecule has 0 saturated carbocycles. The highest BCUT2D eigenvalue weighted by atomic mass is 16.5. The number of ether oxygens (including phenoxy) is 1.